The van der Waals surface area contributed by atoms with Crippen molar-refractivity contribution in [3.8, 4) is 6.07 Å². The number of hydrogen-bond acceptors (Lipinski definition) is 3. The van der Waals surface area contributed by atoms with Gasteiger partial charge >= 0.3 is 0 Å². The van der Waals surface area contributed by atoms with Crippen molar-refractivity contribution >= 4 is 5.91 Å². The average Bonchev–Trinajstić information content (AvgIpc) is 2.52. The van der Waals surface area contributed by atoms with Gasteiger partial charge in [-0.25, -0.2) is 0 Å². The van der Waals surface area contributed by atoms with E-state index in [4.69, 9.17) is 0 Å². The Morgan fingerprint density at radius 1 is 1.29 bits per heavy atom. The van der Waals surface area contributed by atoms with E-state index in [1.165, 1.54) is 5.56 Å². The van der Waals surface area contributed by atoms with Crippen LogP contribution in [0.5, 0.6) is 0 Å². The molecular formula is C20H29N3O. The van der Waals surface area contributed by atoms with Gasteiger partial charge in [0.1, 0.15) is 6.04 Å². The lowest BCUT2D eigenvalue weighted by Gasteiger charge is -2.30. The van der Waals surface area contributed by atoms with Gasteiger partial charge in [0.15, 0.2) is 0 Å². The molecule has 1 aromatic carbocycles. The largest absolute Gasteiger partial charge is 0.340 e. The molecule has 0 saturated carbocycles. The van der Waals surface area contributed by atoms with Gasteiger partial charge < -0.3 is 10.2 Å². The van der Waals surface area contributed by atoms with Crippen LogP contribution in [0.3, 0.4) is 0 Å². The molecule has 0 aliphatic carbocycles. The van der Waals surface area contributed by atoms with Crippen LogP contribution in [0, 0.1) is 38.0 Å². The Morgan fingerprint density at radius 3 is 2.42 bits per heavy atom. The van der Waals surface area contributed by atoms with Gasteiger partial charge in [-0.2, -0.15) is 5.26 Å². The smallest absolute Gasteiger partial charge is 0.225 e. The minimum absolute atomic E-state index is 0.0514. The van der Waals surface area contributed by atoms with Gasteiger partial charge in [0.25, 0.3) is 0 Å². The topological polar surface area (TPSA) is 56.1 Å². The second-order valence-corrected chi connectivity index (χ2v) is 7.29. The van der Waals surface area contributed by atoms with Crippen LogP contribution in [0.25, 0.3) is 0 Å². The number of amides is 1. The van der Waals surface area contributed by atoms with E-state index in [0.717, 1.165) is 49.0 Å². The molecule has 24 heavy (non-hydrogen) atoms. The molecule has 1 unspecified atom stereocenters. The van der Waals surface area contributed by atoms with Gasteiger partial charge in [-0.1, -0.05) is 17.7 Å². The molecule has 1 heterocycles. The number of carbonyl (C=O) groups is 1. The second kappa shape index (κ2) is 8.30. The maximum Gasteiger partial charge on any atom is 0.225 e. The predicted molar refractivity (Wildman–Crippen MR) is 96.7 cm³/mol. The number of hydrogen-bond donors (Lipinski definition) is 1. The number of rotatable bonds is 5. The van der Waals surface area contributed by atoms with Crippen LogP contribution in [0.1, 0.15) is 41.5 Å². The van der Waals surface area contributed by atoms with Crippen molar-refractivity contribution in [2.24, 2.45) is 5.92 Å². The molecule has 0 spiro atoms. The third-order valence-electron chi connectivity index (χ3n) is 5.08. The highest BCUT2D eigenvalue weighted by Gasteiger charge is 2.22. The first kappa shape index (κ1) is 18.5. The van der Waals surface area contributed by atoms with E-state index in [2.05, 4.69) is 42.4 Å². The third kappa shape index (κ3) is 5.07. The molecule has 1 aliphatic heterocycles. The summed E-state index contributed by atoms with van der Waals surface area (Å²) in [5.74, 6) is 0.485. The van der Waals surface area contributed by atoms with E-state index in [1.54, 1.807) is 0 Å². The summed E-state index contributed by atoms with van der Waals surface area (Å²) in [4.78, 5) is 14.7. The van der Waals surface area contributed by atoms with Crippen LogP contribution in [0.2, 0.25) is 0 Å². The lowest BCUT2D eigenvalue weighted by atomic mass is 9.90. The fourth-order valence-corrected chi connectivity index (χ4v) is 3.67. The Labute approximate surface area is 145 Å². The third-order valence-corrected chi connectivity index (χ3v) is 5.08. The zero-order valence-corrected chi connectivity index (χ0v) is 15.4. The number of likely N-dealkylation sites (tertiary alicyclic amines) is 1. The number of piperidine rings is 1. The van der Waals surface area contributed by atoms with E-state index in [9.17, 15) is 10.1 Å². The van der Waals surface area contributed by atoms with Gasteiger partial charge in [0, 0.05) is 0 Å². The zero-order chi connectivity index (χ0) is 17.7. The molecule has 1 saturated heterocycles. The fourth-order valence-electron chi connectivity index (χ4n) is 3.67. The SMILES string of the molecule is Cc1cc(C)c(CC(=O)NC(C#N)CC2CCN(C)CC2)c(C)c1. The molecule has 1 N–H and O–H groups in total. The first-order valence-electron chi connectivity index (χ1n) is 8.83. The molecule has 2 rings (SSSR count). The number of benzene rings is 1. The van der Waals surface area contributed by atoms with Crippen molar-refractivity contribution in [2.45, 2.75) is 52.5 Å². The minimum atomic E-state index is -0.378. The molecule has 4 heteroatoms. The number of aryl methyl sites for hydroxylation is 3. The summed E-state index contributed by atoms with van der Waals surface area (Å²) in [6.07, 6.45) is 3.34. The summed E-state index contributed by atoms with van der Waals surface area (Å²) in [6, 6.07) is 6.11. The molecular weight excluding hydrogens is 298 g/mol. The van der Waals surface area contributed by atoms with E-state index >= 15 is 0 Å². The van der Waals surface area contributed by atoms with Crippen molar-refractivity contribution in [1.29, 1.82) is 5.26 Å². The van der Waals surface area contributed by atoms with Crippen LogP contribution in [0.15, 0.2) is 12.1 Å². The van der Waals surface area contributed by atoms with Crippen LogP contribution < -0.4 is 5.32 Å². The Hall–Kier alpha value is -1.86. The normalized spacial score (nSPS) is 17.3. The molecule has 4 nitrogen and oxygen atoms in total. The lowest BCUT2D eigenvalue weighted by Crippen LogP contribution is -2.38. The highest BCUT2D eigenvalue weighted by Crippen LogP contribution is 2.21. The molecule has 0 radical (unpaired) electrons. The number of nitrogens with one attached hydrogen (secondary N) is 1. The van der Waals surface area contributed by atoms with Crippen molar-refractivity contribution < 1.29 is 4.79 Å². The van der Waals surface area contributed by atoms with Crippen LogP contribution in [-0.2, 0) is 11.2 Å². The van der Waals surface area contributed by atoms with Crippen LogP contribution in [0.4, 0.5) is 0 Å². The molecule has 1 amide bonds. The fraction of sp³-hybridized carbons (Fsp3) is 0.600. The Balaban J connectivity index is 1.92. The predicted octanol–water partition coefficient (Wildman–Crippen LogP) is 2.89. The number of carbonyl (C=O) groups excluding carboxylic acids is 1. The summed E-state index contributed by atoms with van der Waals surface area (Å²) in [5.41, 5.74) is 4.58. The first-order valence-corrected chi connectivity index (χ1v) is 8.83. The number of nitriles is 1. The van der Waals surface area contributed by atoms with Gasteiger partial charge in [-0.05, 0) is 82.8 Å². The molecule has 1 atom stereocenters. The van der Waals surface area contributed by atoms with E-state index < -0.39 is 0 Å². The molecule has 1 aromatic rings. The van der Waals surface area contributed by atoms with E-state index in [0.29, 0.717) is 12.3 Å². The quantitative estimate of drug-likeness (QED) is 0.905. The summed E-state index contributed by atoms with van der Waals surface area (Å²) >= 11 is 0. The summed E-state index contributed by atoms with van der Waals surface area (Å²) in [7, 11) is 2.13. The highest BCUT2D eigenvalue weighted by molar-refractivity contribution is 5.80. The maximum absolute atomic E-state index is 12.4. The standard InChI is InChI=1S/C20H29N3O/c1-14-9-15(2)19(16(3)10-14)12-20(24)22-18(13-21)11-17-5-7-23(4)8-6-17/h9-10,17-18H,5-8,11-12H2,1-4H3,(H,22,24). The zero-order valence-electron chi connectivity index (χ0n) is 15.4. The first-order chi connectivity index (χ1) is 11.4. The van der Waals surface area contributed by atoms with E-state index in [-0.39, 0.29) is 11.9 Å². The van der Waals surface area contributed by atoms with Crippen molar-refractivity contribution in [2.75, 3.05) is 20.1 Å². The van der Waals surface area contributed by atoms with Crippen LogP contribution >= 0.6 is 0 Å². The van der Waals surface area contributed by atoms with Crippen molar-refractivity contribution in [3.63, 3.8) is 0 Å². The highest BCUT2D eigenvalue weighted by atomic mass is 16.1. The molecule has 0 aromatic heterocycles. The van der Waals surface area contributed by atoms with Gasteiger partial charge in [0.05, 0.1) is 12.5 Å². The molecule has 0 bridgehead atoms. The van der Waals surface area contributed by atoms with Crippen molar-refractivity contribution in [3.05, 3.63) is 34.4 Å². The maximum atomic E-state index is 12.4. The van der Waals surface area contributed by atoms with Gasteiger partial charge in [-0.3, -0.25) is 4.79 Å². The van der Waals surface area contributed by atoms with Crippen LogP contribution in [-0.4, -0.2) is 37.0 Å². The summed E-state index contributed by atoms with van der Waals surface area (Å²) in [6.45, 7) is 8.32. The summed E-state index contributed by atoms with van der Waals surface area (Å²) in [5, 5.41) is 12.3. The molecule has 130 valence electrons. The monoisotopic (exact) mass is 327 g/mol. The lowest BCUT2D eigenvalue weighted by molar-refractivity contribution is -0.120. The minimum Gasteiger partial charge on any atom is -0.340 e. The van der Waals surface area contributed by atoms with Gasteiger partial charge in [0.2, 0.25) is 5.91 Å². The Kier molecular flexibility index (Phi) is 6.39. The van der Waals surface area contributed by atoms with Crippen molar-refractivity contribution in [1.82, 2.24) is 10.2 Å². The second-order valence-electron chi connectivity index (χ2n) is 7.29. The van der Waals surface area contributed by atoms with Gasteiger partial charge in [-0.15, -0.1) is 0 Å². The van der Waals surface area contributed by atoms with E-state index in [1.807, 2.05) is 13.8 Å². The Bertz CT molecular complexity index is 601. The summed E-state index contributed by atoms with van der Waals surface area (Å²) < 4.78 is 0. The molecule has 1 fully saturated rings. The Morgan fingerprint density at radius 2 is 1.88 bits per heavy atom. The number of nitrogens with zero attached hydrogens (tertiary/aromatic N) is 2. The molecule has 1 aliphatic rings. The average molecular weight is 327 g/mol.